The lowest BCUT2D eigenvalue weighted by molar-refractivity contribution is -0.131. The summed E-state index contributed by atoms with van der Waals surface area (Å²) in [5, 5.41) is 5.11. The number of nitrogens with two attached hydrogens (primary N) is 1. The highest BCUT2D eigenvalue weighted by atomic mass is 19.1. The molecule has 0 fully saturated rings. The average molecular weight is 337 g/mol. The van der Waals surface area contributed by atoms with Crippen LogP contribution in [0.15, 0.2) is 24.3 Å². The van der Waals surface area contributed by atoms with Crippen molar-refractivity contribution >= 4 is 17.7 Å². The second-order valence-corrected chi connectivity index (χ2v) is 5.86. The summed E-state index contributed by atoms with van der Waals surface area (Å²) in [6.45, 7) is 4.96. The first-order chi connectivity index (χ1) is 11.2. The number of hydrogen-bond acceptors (Lipinski definition) is 3. The van der Waals surface area contributed by atoms with Crippen LogP contribution in [0.4, 0.5) is 4.39 Å². The van der Waals surface area contributed by atoms with E-state index in [1.807, 2.05) is 6.92 Å². The van der Waals surface area contributed by atoms with Gasteiger partial charge in [-0.1, -0.05) is 32.4 Å². The van der Waals surface area contributed by atoms with E-state index in [1.165, 1.54) is 25.1 Å². The first-order valence-corrected chi connectivity index (χ1v) is 7.85. The summed E-state index contributed by atoms with van der Waals surface area (Å²) in [5.74, 6) is -2.13. The van der Waals surface area contributed by atoms with Crippen LogP contribution in [0.5, 0.6) is 0 Å². The Kier molecular flexibility index (Phi) is 7.35. The lowest BCUT2D eigenvalue weighted by Crippen LogP contribution is -2.55. The number of primary amides is 1. The van der Waals surface area contributed by atoms with Gasteiger partial charge in [-0.25, -0.2) is 4.39 Å². The molecule has 0 saturated carbocycles. The minimum absolute atomic E-state index is 0.106. The molecule has 7 heteroatoms. The summed E-state index contributed by atoms with van der Waals surface area (Å²) < 4.78 is 13.3. The molecule has 1 rings (SSSR count). The van der Waals surface area contributed by atoms with Crippen LogP contribution >= 0.6 is 0 Å². The van der Waals surface area contributed by atoms with E-state index in [0.29, 0.717) is 12.0 Å². The van der Waals surface area contributed by atoms with Crippen LogP contribution in [0.1, 0.15) is 32.8 Å². The van der Waals surface area contributed by atoms with Gasteiger partial charge >= 0.3 is 0 Å². The summed E-state index contributed by atoms with van der Waals surface area (Å²) in [6, 6.07) is 4.02. The molecule has 0 spiro atoms. The maximum absolute atomic E-state index is 13.3. The smallest absolute Gasteiger partial charge is 0.243 e. The minimum atomic E-state index is -0.921. The van der Waals surface area contributed by atoms with Crippen molar-refractivity contribution < 1.29 is 18.8 Å². The molecule has 0 unspecified atom stereocenters. The molecule has 0 saturated heterocycles. The molecule has 0 aliphatic rings. The largest absolute Gasteiger partial charge is 0.368 e. The number of carbonyl (C=O) groups excluding carboxylic acids is 3. The van der Waals surface area contributed by atoms with E-state index >= 15 is 0 Å². The van der Waals surface area contributed by atoms with Crippen molar-refractivity contribution in [2.45, 2.75) is 45.7 Å². The average Bonchev–Trinajstić information content (AvgIpc) is 2.50. The van der Waals surface area contributed by atoms with Crippen molar-refractivity contribution in [3.05, 3.63) is 35.6 Å². The molecule has 0 bridgehead atoms. The van der Waals surface area contributed by atoms with E-state index in [2.05, 4.69) is 10.6 Å². The summed E-state index contributed by atoms with van der Waals surface area (Å²) in [4.78, 5) is 35.4. The van der Waals surface area contributed by atoms with E-state index in [1.54, 1.807) is 13.0 Å². The zero-order valence-corrected chi connectivity index (χ0v) is 14.1. The summed E-state index contributed by atoms with van der Waals surface area (Å²) in [7, 11) is 0. The third-order valence-corrected chi connectivity index (χ3v) is 3.84. The van der Waals surface area contributed by atoms with E-state index in [-0.39, 0.29) is 12.3 Å². The number of halogens is 1. The molecule has 132 valence electrons. The van der Waals surface area contributed by atoms with E-state index in [0.717, 1.165) is 0 Å². The first kappa shape index (κ1) is 19.6. The molecule has 0 aromatic heterocycles. The Bertz CT molecular complexity index is 606. The van der Waals surface area contributed by atoms with Crippen LogP contribution in [0.25, 0.3) is 0 Å². The van der Waals surface area contributed by atoms with Crippen molar-refractivity contribution in [3.63, 3.8) is 0 Å². The van der Waals surface area contributed by atoms with Crippen molar-refractivity contribution in [1.29, 1.82) is 0 Å². The molecule has 24 heavy (non-hydrogen) atoms. The van der Waals surface area contributed by atoms with Crippen LogP contribution in [0.3, 0.4) is 0 Å². The van der Waals surface area contributed by atoms with Gasteiger partial charge in [0.25, 0.3) is 0 Å². The lowest BCUT2D eigenvalue weighted by Gasteiger charge is -2.25. The SMILES string of the molecule is CC[C@@H](C)[C@@H](NC(=O)[C@H](Cc1cccc(F)c1)NC(C)=O)C(N)=O. The molecule has 6 nitrogen and oxygen atoms in total. The monoisotopic (exact) mass is 337 g/mol. The zero-order chi connectivity index (χ0) is 18.3. The van der Waals surface area contributed by atoms with Crippen LogP contribution < -0.4 is 16.4 Å². The number of amides is 3. The molecule has 1 aromatic carbocycles. The van der Waals surface area contributed by atoms with E-state index in [9.17, 15) is 18.8 Å². The summed E-state index contributed by atoms with van der Waals surface area (Å²) in [6.07, 6.45) is 0.762. The highest BCUT2D eigenvalue weighted by Gasteiger charge is 2.28. The lowest BCUT2D eigenvalue weighted by atomic mass is 9.97. The van der Waals surface area contributed by atoms with Crippen molar-refractivity contribution in [2.24, 2.45) is 11.7 Å². The van der Waals surface area contributed by atoms with Crippen LogP contribution in [0.2, 0.25) is 0 Å². The Labute approximate surface area is 141 Å². The first-order valence-electron chi connectivity index (χ1n) is 7.85. The van der Waals surface area contributed by atoms with Gasteiger partial charge in [0.2, 0.25) is 17.7 Å². The minimum Gasteiger partial charge on any atom is -0.368 e. The number of hydrogen-bond donors (Lipinski definition) is 3. The van der Waals surface area contributed by atoms with Gasteiger partial charge in [0.15, 0.2) is 0 Å². The molecule has 0 aliphatic heterocycles. The third kappa shape index (κ3) is 5.98. The van der Waals surface area contributed by atoms with Gasteiger partial charge in [0.05, 0.1) is 0 Å². The molecular formula is C17H24FN3O3. The van der Waals surface area contributed by atoms with Crippen LogP contribution in [-0.4, -0.2) is 29.8 Å². The molecular weight excluding hydrogens is 313 g/mol. The van der Waals surface area contributed by atoms with E-state index < -0.39 is 35.6 Å². The Morgan fingerprint density at radius 1 is 1.25 bits per heavy atom. The molecule has 0 aliphatic carbocycles. The van der Waals surface area contributed by atoms with Crippen molar-refractivity contribution in [2.75, 3.05) is 0 Å². The molecule has 0 heterocycles. The fourth-order valence-electron chi connectivity index (χ4n) is 2.34. The molecule has 4 N–H and O–H groups in total. The fourth-order valence-corrected chi connectivity index (χ4v) is 2.34. The predicted molar refractivity (Wildman–Crippen MR) is 88.3 cm³/mol. The van der Waals surface area contributed by atoms with Gasteiger partial charge in [0, 0.05) is 13.3 Å². The van der Waals surface area contributed by atoms with Crippen molar-refractivity contribution in [3.8, 4) is 0 Å². The topological polar surface area (TPSA) is 101 Å². The Balaban J connectivity index is 2.91. The van der Waals surface area contributed by atoms with Gasteiger partial charge in [-0.3, -0.25) is 14.4 Å². The second kappa shape index (κ2) is 9.00. The Hall–Kier alpha value is -2.44. The number of nitrogens with one attached hydrogen (secondary N) is 2. The summed E-state index contributed by atoms with van der Waals surface area (Å²) >= 11 is 0. The highest BCUT2D eigenvalue weighted by Crippen LogP contribution is 2.10. The standard InChI is InChI=1S/C17H24FN3O3/c1-4-10(2)15(16(19)23)21-17(24)14(20-11(3)22)9-12-6-5-7-13(18)8-12/h5-8,10,14-15H,4,9H2,1-3H3,(H2,19,23)(H,20,22)(H,21,24)/t10-,14+,15-/m1/s1. The van der Waals surface area contributed by atoms with Gasteiger partial charge in [-0.2, -0.15) is 0 Å². The van der Waals surface area contributed by atoms with Crippen molar-refractivity contribution in [1.82, 2.24) is 10.6 Å². The van der Waals surface area contributed by atoms with Gasteiger partial charge in [-0.05, 0) is 23.6 Å². The maximum Gasteiger partial charge on any atom is 0.243 e. The Morgan fingerprint density at radius 2 is 1.92 bits per heavy atom. The van der Waals surface area contributed by atoms with E-state index in [4.69, 9.17) is 5.73 Å². The predicted octanol–water partition coefficient (Wildman–Crippen LogP) is 0.889. The van der Waals surface area contributed by atoms with Gasteiger partial charge < -0.3 is 16.4 Å². The quantitative estimate of drug-likeness (QED) is 0.656. The normalized spacial score (nSPS) is 14.3. The fraction of sp³-hybridized carbons (Fsp3) is 0.471. The second-order valence-electron chi connectivity index (χ2n) is 5.86. The number of benzene rings is 1. The summed E-state index contributed by atoms with van der Waals surface area (Å²) in [5.41, 5.74) is 5.90. The zero-order valence-electron chi connectivity index (χ0n) is 14.1. The highest BCUT2D eigenvalue weighted by molar-refractivity contribution is 5.91. The molecule has 3 atom stereocenters. The molecule has 1 aromatic rings. The van der Waals surface area contributed by atoms with Crippen LogP contribution in [-0.2, 0) is 20.8 Å². The van der Waals surface area contributed by atoms with Gasteiger partial charge in [-0.15, -0.1) is 0 Å². The maximum atomic E-state index is 13.3. The third-order valence-electron chi connectivity index (χ3n) is 3.84. The number of rotatable bonds is 8. The Morgan fingerprint density at radius 3 is 2.42 bits per heavy atom. The molecule has 3 amide bonds. The van der Waals surface area contributed by atoms with Gasteiger partial charge in [0.1, 0.15) is 17.9 Å². The van der Waals surface area contributed by atoms with Crippen LogP contribution in [0, 0.1) is 11.7 Å². The number of carbonyl (C=O) groups is 3. The molecule has 0 radical (unpaired) electrons.